The number of benzene rings is 1. The predicted molar refractivity (Wildman–Crippen MR) is 92.5 cm³/mol. The normalized spacial score (nSPS) is 18.5. The van der Waals surface area contributed by atoms with E-state index in [1.54, 1.807) is 0 Å². The van der Waals surface area contributed by atoms with Gasteiger partial charge in [0.15, 0.2) is 5.82 Å². The Labute approximate surface area is 146 Å². The quantitative estimate of drug-likeness (QED) is 0.781. The first-order chi connectivity index (χ1) is 11.8. The summed E-state index contributed by atoms with van der Waals surface area (Å²) in [6.07, 6.45) is 1.84. The molecule has 3 rings (SSSR count). The number of nitrogens with zero attached hydrogens (tertiary/aromatic N) is 3. The van der Waals surface area contributed by atoms with Crippen LogP contribution < -0.4 is 0 Å². The molecule has 1 aromatic carbocycles. The molecule has 0 unspecified atom stereocenters. The van der Waals surface area contributed by atoms with Crippen LogP contribution >= 0.6 is 0 Å². The maximum Gasteiger partial charge on any atom is 0.219 e. The van der Waals surface area contributed by atoms with Crippen molar-refractivity contribution in [2.75, 3.05) is 13.1 Å². The van der Waals surface area contributed by atoms with Gasteiger partial charge in [0, 0.05) is 25.2 Å². The summed E-state index contributed by atoms with van der Waals surface area (Å²) in [6, 6.07) is 3.32. The SMILES string of the molecule is C=C=C1N=C(OCc2cc(F)cc(F)c2)C=C2N1CC(C)(C)N2CC. The van der Waals surface area contributed by atoms with Crippen molar-refractivity contribution in [2.45, 2.75) is 32.9 Å². The van der Waals surface area contributed by atoms with Crippen LogP contribution in [0.4, 0.5) is 8.78 Å². The van der Waals surface area contributed by atoms with Gasteiger partial charge in [-0.3, -0.25) is 0 Å². The Kier molecular flexibility index (Phi) is 4.39. The summed E-state index contributed by atoms with van der Waals surface area (Å²) in [5.41, 5.74) is 3.19. The fraction of sp³-hybridized carbons (Fsp3) is 0.368. The van der Waals surface area contributed by atoms with Crippen molar-refractivity contribution in [3.63, 3.8) is 0 Å². The van der Waals surface area contributed by atoms with E-state index >= 15 is 0 Å². The Hall–Kier alpha value is -2.59. The van der Waals surface area contributed by atoms with Crippen molar-refractivity contribution in [1.82, 2.24) is 9.80 Å². The van der Waals surface area contributed by atoms with Crippen LogP contribution in [0.15, 0.2) is 53.2 Å². The Balaban J connectivity index is 1.84. The number of aliphatic imine (C=N–C) groups is 1. The van der Waals surface area contributed by atoms with Crippen molar-refractivity contribution >= 4 is 5.90 Å². The average Bonchev–Trinajstić information content (AvgIpc) is 2.80. The van der Waals surface area contributed by atoms with E-state index in [1.165, 1.54) is 12.1 Å². The van der Waals surface area contributed by atoms with Gasteiger partial charge in [-0.25, -0.2) is 8.78 Å². The summed E-state index contributed by atoms with van der Waals surface area (Å²) >= 11 is 0. The monoisotopic (exact) mass is 345 g/mol. The molecule has 0 saturated carbocycles. The van der Waals surface area contributed by atoms with E-state index in [4.69, 9.17) is 4.74 Å². The van der Waals surface area contributed by atoms with Crippen molar-refractivity contribution in [3.05, 3.63) is 65.4 Å². The first-order valence-electron chi connectivity index (χ1n) is 8.17. The Morgan fingerprint density at radius 3 is 2.56 bits per heavy atom. The lowest BCUT2D eigenvalue weighted by Crippen LogP contribution is -2.39. The van der Waals surface area contributed by atoms with Crippen LogP contribution in [0.1, 0.15) is 26.3 Å². The second-order valence-corrected chi connectivity index (χ2v) is 6.66. The van der Waals surface area contributed by atoms with E-state index < -0.39 is 11.6 Å². The van der Waals surface area contributed by atoms with Gasteiger partial charge in [-0.15, -0.1) is 0 Å². The zero-order valence-corrected chi connectivity index (χ0v) is 14.6. The van der Waals surface area contributed by atoms with E-state index in [0.717, 1.165) is 25.0 Å². The summed E-state index contributed by atoms with van der Waals surface area (Å²) in [5, 5.41) is 0. The van der Waals surface area contributed by atoms with Gasteiger partial charge in [0.05, 0.1) is 5.54 Å². The van der Waals surface area contributed by atoms with Gasteiger partial charge in [0.2, 0.25) is 5.90 Å². The molecule has 0 radical (unpaired) electrons. The number of halogens is 2. The number of likely N-dealkylation sites (N-methyl/N-ethyl adjacent to an activating group) is 1. The third kappa shape index (κ3) is 3.30. The van der Waals surface area contributed by atoms with E-state index in [2.05, 4.69) is 43.0 Å². The van der Waals surface area contributed by atoms with Crippen LogP contribution in [0, 0.1) is 11.6 Å². The molecular formula is C19H21F2N3O. The maximum absolute atomic E-state index is 13.3. The number of hydrogen-bond donors (Lipinski definition) is 0. The van der Waals surface area contributed by atoms with E-state index in [1.807, 2.05) is 11.0 Å². The molecule has 0 aromatic heterocycles. The lowest BCUT2D eigenvalue weighted by molar-refractivity contribution is 0.227. The second-order valence-electron chi connectivity index (χ2n) is 6.66. The van der Waals surface area contributed by atoms with E-state index in [0.29, 0.717) is 17.3 Å². The zero-order chi connectivity index (χ0) is 18.2. The molecule has 0 aliphatic carbocycles. The van der Waals surface area contributed by atoms with Gasteiger partial charge in [-0.1, -0.05) is 12.3 Å². The largest absolute Gasteiger partial charge is 0.473 e. The van der Waals surface area contributed by atoms with Crippen molar-refractivity contribution in [3.8, 4) is 0 Å². The third-order valence-corrected chi connectivity index (χ3v) is 4.34. The number of fused-ring (bicyclic) bond motifs is 1. The molecule has 25 heavy (non-hydrogen) atoms. The topological polar surface area (TPSA) is 28.1 Å². The van der Waals surface area contributed by atoms with Crippen LogP contribution in [0.2, 0.25) is 0 Å². The molecule has 2 aliphatic rings. The van der Waals surface area contributed by atoms with Crippen molar-refractivity contribution in [1.29, 1.82) is 0 Å². The smallest absolute Gasteiger partial charge is 0.219 e. The average molecular weight is 345 g/mol. The third-order valence-electron chi connectivity index (χ3n) is 4.34. The highest BCUT2D eigenvalue weighted by Crippen LogP contribution is 2.36. The predicted octanol–water partition coefficient (Wildman–Crippen LogP) is 3.78. The molecule has 0 bridgehead atoms. The van der Waals surface area contributed by atoms with Crippen molar-refractivity contribution in [2.24, 2.45) is 4.99 Å². The molecule has 1 fully saturated rings. The highest BCUT2D eigenvalue weighted by molar-refractivity contribution is 5.90. The highest BCUT2D eigenvalue weighted by Gasteiger charge is 2.42. The molecule has 4 nitrogen and oxygen atoms in total. The molecule has 0 spiro atoms. The van der Waals surface area contributed by atoms with Gasteiger partial charge >= 0.3 is 0 Å². The fourth-order valence-corrected chi connectivity index (χ4v) is 3.31. The summed E-state index contributed by atoms with van der Waals surface area (Å²) < 4.78 is 32.3. The first-order valence-corrected chi connectivity index (χ1v) is 8.17. The summed E-state index contributed by atoms with van der Waals surface area (Å²) in [5.74, 6) is 0.666. The molecule has 2 heterocycles. The molecule has 0 amide bonds. The Morgan fingerprint density at radius 1 is 1.28 bits per heavy atom. The van der Waals surface area contributed by atoms with Crippen LogP contribution in [-0.2, 0) is 11.3 Å². The van der Waals surface area contributed by atoms with Crippen LogP contribution in [-0.4, -0.2) is 34.3 Å². The molecule has 6 heteroatoms. The standard InChI is InChI=1S/C19H21F2N3O/c1-5-16-22-17(25-11-13-7-14(20)9-15(21)8-13)10-18-23(16)12-19(3,4)24(18)6-2/h7-10H,1,6,11-12H2,2-4H3. The molecule has 1 saturated heterocycles. The molecule has 132 valence electrons. The van der Waals surface area contributed by atoms with Gasteiger partial charge in [-0.05, 0) is 38.5 Å². The highest BCUT2D eigenvalue weighted by atomic mass is 19.1. The van der Waals surface area contributed by atoms with Gasteiger partial charge < -0.3 is 14.5 Å². The molecule has 0 N–H and O–H groups in total. The molecule has 0 atom stereocenters. The summed E-state index contributed by atoms with van der Waals surface area (Å²) in [4.78, 5) is 8.71. The minimum Gasteiger partial charge on any atom is -0.473 e. The van der Waals surface area contributed by atoms with E-state index in [9.17, 15) is 8.78 Å². The van der Waals surface area contributed by atoms with Gasteiger partial charge in [0.1, 0.15) is 24.1 Å². The van der Waals surface area contributed by atoms with Crippen LogP contribution in [0.5, 0.6) is 0 Å². The van der Waals surface area contributed by atoms with Crippen LogP contribution in [0.25, 0.3) is 0 Å². The number of ether oxygens (including phenoxy) is 1. The van der Waals surface area contributed by atoms with Gasteiger partial charge in [-0.2, -0.15) is 4.99 Å². The lowest BCUT2D eigenvalue weighted by Gasteiger charge is -2.31. The number of hydrogen-bond acceptors (Lipinski definition) is 4. The summed E-state index contributed by atoms with van der Waals surface area (Å²) in [6.45, 7) is 11.7. The zero-order valence-electron chi connectivity index (χ0n) is 14.6. The second kappa shape index (κ2) is 6.37. The van der Waals surface area contributed by atoms with E-state index in [-0.39, 0.29) is 12.1 Å². The first kappa shape index (κ1) is 17.2. The molecular weight excluding hydrogens is 324 g/mol. The minimum atomic E-state index is -0.630. The number of rotatable bonds is 3. The van der Waals surface area contributed by atoms with Crippen molar-refractivity contribution < 1.29 is 13.5 Å². The molecule has 2 aliphatic heterocycles. The maximum atomic E-state index is 13.3. The Morgan fingerprint density at radius 2 is 1.96 bits per heavy atom. The lowest BCUT2D eigenvalue weighted by atomic mass is 10.1. The fourth-order valence-electron chi connectivity index (χ4n) is 3.31. The minimum absolute atomic E-state index is 0.0250. The van der Waals surface area contributed by atoms with Crippen LogP contribution in [0.3, 0.4) is 0 Å². The molecule has 1 aromatic rings. The summed E-state index contributed by atoms with van der Waals surface area (Å²) in [7, 11) is 0. The Bertz CT molecular complexity index is 787. The van der Waals surface area contributed by atoms with Gasteiger partial charge in [0.25, 0.3) is 0 Å².